The molecule has 1 amide bonds. The lowest BCUT2D eigenvalue weighted by atomic mass is 10.1. The van der Waals surface area contributed by atoms with Crippen molar-refractivity contribution in [2.75, 3.05) is 6.61 Å². The molecular weight excluding hydrogens is 367 g/mol. The Balaban J connectivity index is 2.17. The summed E-state index contributed by atoms with van der Waals surface area (Å²) in [6, 6.07) is 9.64. The summed E-state index contributed by atoms with van der Waals surface area (Å²) < 4.78 is 21.5. The number of nitrogens with zero attached hydrogens (tertiary/aromatic N) is 2. The molecule has 7 heteroatoms. The fourth-order valence-corrected chi connectivity index (χ4v) is 3.78. The van der Waals surface area contributed by atoms with Crippen LogP contribution in [0.1, 0.15) is 28.4 Å². The molecule has 140 valence electrons. The van der Waals surface area contributed by atoms with E-state index < -0.39 is 17.7 Å². The fourth-order valence-electron chi connectivity index (χ4n) is 2.68. The summed E-state index contributed by atoms with van der Waals surface area (Å²) in [7, 11) is 0. The standard InChI is InChI=1S/C20H19FN2O3S/c1-4-26-18(24)11-23-16-9-12(2)13(3)10-17(16)27-20(23)22-19(25)14-7-5-6-8-15(14)21/h5-10H,4,11H2,1-3H3. The van der Waals surface area contributed by atoms with Crippen LogP contribution in [0.15, 0.2) is 41.4 Å². The second-order valence-corrected chi connectivity index (χ2v) is 7.09. The maximum absolute atomic E-state index is 13.9. The van der Waals surface area contributed by atoms with Gasteiger partial charge in [0.1, 0.15) is 12.4 Å². The molecule has 27 heavy (non-hydrogen) atoms. The number of carbonyl (C=O) groups is 2. The lowest BCUT2D eigenvalue weighted by Crippen LogP contribution is -2.23. The Kier molecular flexibility index (Phi) is 5.51. The monoisotopic (exact) mass is 386 g/mol. The topological polar surface area (TPSA) is 60.7 Å². The molecule has 5 nitrogen and oxygen atoms in total. The van der Waals surface area contributed by atoms with Crippen LogP contribution in [0.3, 0.4) is 0 Å². The number of aryl methyl sites for hydroxylation is 2. The molecule has 0 bridgehead atoms. The molecule has 1 heterocycles. The van der Waals surface area contributed by atoms with Gasteiger partial charge >= 0.3 is 5.97 Å². The van der Waals surface area contributed by atoms with Gasteiger partial charge in [0, 0.05) is 0 Å². The van der Waals surface area contributed by atoms with E-state index in [2.05, 4.69) is 4.99 Å². The number of fused-ring (bicyclic) bond motifs is 1. The predicted molar refractivity (Wildman–Crippen MR) is 102 cm³/mol. The second-order valence-electron chi connectivity index (χ2n) is 6.08. The second kappa shape index (κ2) is 7.84. The zero-order chi connectivity index (χ0) is 19.6. The van der Waals surface area contributed by atoms with Gasteiger partial charge in [0.05, 0.1) is 22.4 Å². The van der Waals surface area contributed by atoms with Crippen molar-refractivity contribution in [3.8, 4) is 0 Å². The molecule has 0 unspecified atom stereocenters. The van der Waals surface area contributed by atoms with Crippen LogP contribution in [0.5, 0.6) is 0 Å². The summed E-state index contributed by atoms with van der Waals surface area (Å²) >= 11 is 1.28. The lowest BCUT2D eigenvalue weighted by Gasteiger charge is -2.06. The Morgan fingerprint density at radius 1 is 1.19 bits per heavy atom. The van der Waals surface area contributed by atoms with E-state index in [1.807, 2.05) is 26.0 Å². The van der Waals surface area contributed by atoms with Crippen molar-refractivity contribution in [1.29, 1.82) is 0 Å². The van der Waals surface area contributed by atoms with E-state index in [9.17, 15) is 14.0 Å². The maximum atomic E-state index is 13.9. The molecule has 0 radical (unpaired) electrons. The van der Waals surface area contributed by atoms with Crippen LogP contribution in [0, 0.1) is 19.7 Å². The van der Waals surface area contributed by atoms with E-state index in [1.54, 1.807) is 17.6 Å². The number of hydrogen-bond donors (Lipinski definition) is 0. The maximum Gasteiger partial charge on any atom is 0.326 e. The number of hydrogen-bond acceptors (Lipinski definition) is 4. The Hall–Kier alpha value is -2.80. The molecule has 0 aliphatic heterocycles. The minimum atomic E-state index is -0.689. The Morgan fingerprint density at radius 3 is 2.59 bits per heavy atom. The fraction of sp³-hybridized carbons (Fsp3) is 0.250. The molecule has 0 spiro atoms. The molecule has 2 aromatic carbocycles. The lowest BCUT2D eigenvalue weighted by molar-refractivity contribution is -0.143. The molecule has 0 N–H and O–H groups in total. The van der Waals surface area contributed by atoms with E-state index in [4.69, 9.17) is 4.74 Å². The quantitative estimate of drug-likeness (QED) is 0.642. The molecule has 0 aliphatic carbocycles. The first-order valence-electron chi connectivity index (χ1n) is 8.50. The number of amides is 1. The number of benzene rings is 2. The van der Waals surface area contributed by atoms with Gasteiger partial charge in [-0.25, -0.2) is 4.39 Å². The smallest absolute Gasteiger partial charge is 0.326 e. The minimum absolute atomic E-state index is 0.0697. The number of ether oxygens (including phenoxy) is 1. The van der Waals surface area contributed by atoms with Gasteiger partial charge in [-0.1, -0.05) is 23.5 Å². The van der Waals surface area contributed by atoms with E-state index in [1.165, 1.54) is 29.5 Å². The summed E-state index contributed by atoms with van der Waals surface area (Å²) in [6.07, 6.45) is 0. The zero-order valence-electron chi connectivity index (χ0n) is 15.3. The van der Waals surface area contributed by atoms with E-state index in [0.717, 1.165) is 21.3 Å². The molecule has 0 saturated carbocycles. The first-order valence-corrected chi connectivity index (χ1v) is 9.32. The number of thiazole rings is 1. The highest BCUT2D eigenvalue weighted by Crippen LogP contribution is 2.22. The summed E-state index contributed by atoms with van der Waals surface area (Å²) in [4.78, 5) is 28.9. The molecule has 0 fully saturated rings. The zero-order valence-corrected chi connectivity index (χ0v) is 16.1. The summed E-state index contributed by atoms with van der Waals surface area (Å²) in [5.41, 5.74) is 2.84. The third kappa shape index (κ3) is 3.98. The summed E-state index contributed by atoms with van der Waals surface area (Å²) in [5.74, 6) is -1.74. The number of carbonyl (C=O) groups excluding carboxylic acids is 2. The normalized spacial score (nSPS) is 11.8. The number of rotatable bonds is 4. The van der Waals surface area contributed by atoms with Crippen LogP contribution in [-0.2, 0) is 16.1 Å². The molecule has 1 aromatic heterocycles. The van der Waals surface area contributed by atoms with Gasteiger partial charge in [0.15, 0.2) is 4.80 Å². The molecule has 3 aromatic rings. The van der Waals surface area contributed by atoms with Crippen LogP contribution >= 0.6 is 11.3 Å². The summed E-state index contributed by atoms with van der Waals surface area (Å²) in [5, 5.41) is 0. The van der Waals surface area contributed by atoms with Crippen LogP contribution in [0.2, 0.25) is 0 Å². The molecule has 0 aliphatic rings. The van der Waals surface area contributed by atoms with Gasteiger partial charge in [0.2, 0.25) is 0 Å². The van der Waals surface area contributed by atoms with Crippen molar-refractivity contribution in [3.05, 3.63) is 63.7 Å². The van der Waals surface area contributed by atoms with Gasteiger partial charge < -0.3 is 9.30 Å². The SMILES string of the molecule is CCOC(=O)Cn1c(=NC(=O)c2ccccc2F)sc2cc(C)c(C)cc21. The van der Waals surface area contributed by atoms with Crippen LogP contribution in [-0.4, -0.2) is 23.1 Å². The largest absolute Gasteiger partial charge is 0.465 e. The van der Waals surface area contributed by atoms with Crippen molar-refractivity contribution in [2.24, 2.45) is 4.99 Å². The van der Waals surface area contributed by atoms with Gasteiger partial charge in [-0.2, -0.15) is 4.99 Å². The van der Waals surface area contributed by atoms with Crippen molar-refractivity contribution in [3.63, 3.8) is 0 Å². The molecule has 0 saturated heterocycles. The highest BCUT2D eigenvalue weighted by atomic mass is 32.1. The van der Waals surface area contributed by atoms with Gasteiger partial charge in [-0.15, -0.1) is 0 Å². The van der Waals surface area contributed by atoms with Gasteiger partial charge in [-0.3, -0.25) is 9.59 Å². The number of esters is 1. The predicted octanol–water partition coefficient (Wildman–Crippen LogP) is 3.76. The van der Waals surface area contributed by atoms with Gasteiger partial charge in [-0.05, 0) is 56.2 Å². The van der Waals surface area contributed by atoms with Crippen molar-refractivity contribution >= 4 is 33.4 Å². The van der Waals surface area contributed by atoms with Crippen molar-refractivity contribution in [1.82, 2.24) is 4.57 Å². The third-order valence-corrected chi connectivity index (χ3v) is 5.23. The van der Waals surface area contributed by atoms with Crippen LogP contribution in [0.4, 0.5) is 4.39 Å². The first-order chi connectivity index (χ1) is 12.9. The van der Waals surface area contributed by atoms with Crippen LogP contribution < -0.4 is 4.80 Å². The Bertz CT molecular complexity index is 1100. The Morgan fingerprint density at radius 2 is 1.89 bits per heavy atom. The minimum Gasteiger partial charge on any atom is -0.465 e. The third-order valence-electron chi connectivity index (χ3n) is 4.19. The van der Waals surface area contributed by atoms with E-state index in [-0.39, 0.29) is 18.7 Å². The number of aromatic nitrogens is 1. The van der Waals surface area contributed by atoms with Crippen molar-refractivity contribution < 1.29 is 18.7 Å². The summed E-state index contributed by atoms with van der Waals surface area (Å²) in [6.45, 7) is 5.89. The van der Waals surface area contributed by atoms with Crippen molar-refractivity contribution in [2.45, 2.75) is 27.3 Å². The van der Waals surface area contributed by atoms with E-state index >= 15 is 0 Å². The highest BCUT2D eigenvalue weighted by Gasteiger charge is 2.15. The molecular formula is C20H19FN2O3S. The average Bonchev–Trinajstić information content (AvgIpc) is 2.92. The van der Waals surface area contributed by atoms with Gasteiger partial charge in [0.25, 0.3) is 5.91 Å². The number of halogens is 1. The van der Waals surface area contributed by atoms with E-state index in [0.29, 0.717) is 4.80 Å². The molecule has 3 rings (SSSR count). The highest BCUT2D eigenvalue weighted by molar-refractivity contribution is 7.16. The first kappa shape index (κ1) is 19.0. The molecule has 0 atom stereocenters. The average molecular weight is 386 g/mol. The van der Waals surface area contributed by atoms with Crippen LogP contribution in [0.25, 0.3) is 10.2 Å². The Labute approximate surface area is 159 Å².